The molecule has 0 spiro atoms. The average molecular weight is 502 g/mol. The fraction of sp³-hybridized carbons (Fsp3) is 0.421. The largest absolute Gasteiger partial charge is 0.354 e. The first-order chi connectivity index (χ1) is 12.9. The van der Waals surface area contributed by atoms with Crippen LogP contribution in [0.15, 0.2) is 41.5 Å². The Balaban J connectivity index is 0.00000392. The third-order valence-corrected chi connectivity index (χ3v) is 4.04. The Hall–Kier alpha value is -2.17. The van der Waals surface area contributed by atoms with Crippen molar-refractivity contribution in [3.05, 3.63) is 48.0 Å². The van der Waals surface area contributed by atoms with Gasteiger partial charge in [0.2, 0.25) is 5.91 Å². The minimum Gasteiger partial charge on any atom is -0.354 e. The van der Waals surface area contributed by atoms with Crippen LogP contribution in [-0.2, 0) is 11.3 Å². The van der Waals surface area contributed by atoms with Gasteiger partial charge in [-0.25, -0.2) is 14.1 Å². The van der Waals surface area contributed by atoms with Gasteiger partial charge in [0.1, 0.15) is 5.82 Å². The summed E-state index contributed by atoms with van der Waals surface area (Å²) in [6.45, 7) is 4.65. The average Bonchev–Trinajstić information content (AvgIpc) is 3.12. The first kappa shape index (κ1) is 23.9. The molecule has 154 valence electrons. The second-order valence-corrected chi connectivity index (χ2v) is 6.49. The van der Waals surface area contributed by atoms with E-state index in [9.17, 15) is 9.18 Å². The molecule has 0 saturated carbocycles. The van der Waals surface area contributed by atoms with E-state index in [-0.39, 0.29) is 48.3 Å². The van der Waals surface area contributed by atoms with E-state index in [1.54, 1.807) is 30.9 Å². The lowest BCUT2D eigenvalue weighted by Crippen LogP contribution is -2.45. The molecule has 0 radical (unpaired) electrons. The van der Waals surface area contributed by atoms with Gasteiger partial charge < -0.3 is 15.5 Å². The summed E-state index contributed by atoms with van der Waals surface area (Å²) in [5.41, 5.74) is 1.54. The van der Waals surface area contributed by atoms with Crippen molar-refractivity contribution < 1.29 is 9.18 Å². The monoisotopic (exact) mass is 502 g/mol. The number of guanidine groups is 1. The van der Waals surface area contributed by atoms with E-state index < -0.39 is 0 Å². The van der Waals surface area contributed by atoms with Crippen LogP contribution in [0, 0.1) is 5.82 Å². The van der Waals surface area contributed by atoms with Crippen LogP contribution in [0.5, 0.6) is 0 Å². The van der Waals surface area contributed by atoms with Crippen molar-refractivity contribution in [1.29, 1.82) is 0 Å². The number of benzene rings is 1. The third-order valence-electron chi connectivity index (χ3n) is 4.04. The van der Waals surface area contributed by atoms with Crippen LogP contribution in [0.1, 0.15) is 26.0 Å². The van der Waals surface area contributed by atoms with Gasteiger partial charge in [0.15, 0.2) is 5.96 Å². The summed E-state index contributed by atoms with van der Waals surface area (Å²) in [7, 11) is 3.43. The van der Waals surface area contributed by atoms with Crippen molar-refractivity contribution in [1.82, 2.24) is 25.3 Å². The van der Waals surface area contributed by atoms with Crippen molar-refractivity contribution in [2.24, 2.45) is 4.99 Å². The fourth-order valence-corrected chi connectivity index (χ4v) is 2.15. The molecule has 0 bridgehead atoms. The highest BCUT2D eigenvalue weighted by Crippen LogP contribution is 2.09. The third kappa shape index (κ3) is 7.45. The predicted molar refractivity (Wildman–Crippen MR) is 120 cm³/mol. The summed E-state index contributed by atoms with van der Waals surface area (Å²) < 4.78 is 14.7. The molecule has 0 saturated heterocycles. The first-order valence-corrected chi connectivity index (χ1v) is 8.94. The zero-order valence-electron chi connectivity index (χ0n) is 16.6. The van der Waals surface area contributed by atoms with Crippen LogP contribution in [0.25, 0.3) is 5.69 Å². The summed E-state index contributed by atoms with van der Waals surface area (Å²) in [5.74, 6) is 0.250. The van der Waals surface area contributed by atoms with E-state index in [0.29, 0.717) is 12.5 Å². The molecule has 2 N–H and O–H groups in total. The zero-order chi connectivity index (χ0) is 19.8. The Labute approximate surface area is 182 Å². The number of rotatable bonds is 7. The lowest BCUT2D eigenvalue weighted by Gasteiger charge is -2.18. The molecule has 9 heteroatoms. The Morgan fingerprint density at radius 1 is 1.29 bits per heavy atom. The van der Waals surface area contributed by atoms with Gasteiger partial charge in [0.05, 0.1) is 24.5 Å². The molecule has 7 nitrogen and oxygen atoms in total. The number of hydrogen-bond acceptors (Lipinski definition) is 3. The highest BCUT2D eigenvalue weighted by Gasteiger charge is 2.08. The van der Waals surface area contributed by atoms with Crippen molar-refractivity contribution >= 4 is 35.8 Å². The van der Waals surface area contributed by atoms with Crippen LogP contribution in [-0.4, -0.2) is 53.2 Å². The zero-order valence-corrected chi connectivity index (χ0v) is 19.0. The fourth-order valence-electron chi connectivity index (χ4n) is 2.15. The van der Waals surface area contributed by atoms with Gasteiger partial charge in [-0.3, -0.25) is 4.79 Å². The summed E-state index contributed by atoms with van der Waals surface area (Å²) in [5, 5.41) is 10.8. The minimum atomic E-state index is -0.283. The number of likely N-dealkylation sites (N-methyl/N-ethyl adjacent to an activating group) is 1. The Kier molecular flexibility index (Phi) is 9.91. The first-order valence-electron chi connectivity index (χ1n) is 8.94. The standard InChI is InChI=1S/C19H27FN6O.HI/c1-5-14(2)23-19(22-13-18(27)25(3)4)21-12-16-10-11-26(24-16)17-8-6-15(20)7-9-17;/h6-11,14H,5,12-13H2,1-4H3,(H2,21,22,23);1H. The van der Waals surface area contributed by atoms with Crippen LogP contribution in [0.2, 0.25) is 0 Å². The van der Waals surface area contributed by atoms with Crippen molar-refractivity contribution in [3.63, 3.8) is 0 Å². The Morgan fingerprint density at radius 3 is 2.57 bits per heavy atom. The smallest absolute Gasteiger partial charge is 0.241 e. The van der Waals surface area contributed by atoms with Crippen LogP contribution < -0.4 is 10.6 Å². The van der Waals surface area contributed by atoms with Crippen LogP contribution in [0.3, 0.4) is 0 Å². The van der Waals surface area contributed by atoms with Gasteiger partial charge in [-0.2, -0.15) is 5.10 Å². The lowest BCUT2D eigenvalue weighted by molar-refractivity contribution is -0.127. The SMILES string of the molecule is CCC(C)NC(=NCc1ccn(-c2ccc(F)cc2)n1)NCC(=O)N(C)C.I. The van der Waals surface area contributed by atoms with Crippen LogP contribution in [0.4, 0.5) is 4.39 Å². The van der Waals surface area contributed by atoms with Crippen molar-refractivity contribution in [3.8, 4) is 5.69 Å². The molecule has 0 aliphatic rings. The topological polar surface area (TPSA) is 74.5 Å². The van der Waals surface area contributed by atoms with E-state index in [0.717, 1.165) is 17.8 Å². The summed E-state index contributed by atoms with van der Waals surface area (Å²) in [6.07, 6.45) is 2.74. The number of nitrogens with zero attached hydrogens (tertiary/aromatic N) is 4. The summed E-state index contributed by atoms with van der Waals surface area (Å²) >= 11 is 0. The number of hydrogen-bond donors (Lipinski definition) is 2. The number of carbonyl (C=O) groups is 1. The van der Waals surface area contributed by atoms with Gasteiger partial charge in [-0.15, -0.1) is 24.0 Å². The summed E-state index contributed by atoms with van der Waals surface area (Å²) in [4.78, 5) is 17.8. The molecule has 1 amide bonds. The maximum absolute atomic E-state index is 13.0. The molecule has 1 aromatic carbocycles. The highest BCUT2D eigenvalue weighted by molar-refractivity contribution is 14.0. The minimum absolute atomic E-state index is 0. The number of aliphatic imine (C=N–C) groups is 1. The summed E-state index contributed by atoms with van der Waals surface area (Å²) in [6, 6.07) is 8.21. The maximum atomic E-state index is 13.0. The van der Waals surface area contributed by atoms with E-state index in [1.807, 2.05) is 19.2 Å². The normalized spacial score (nSPS) is 12.1. The van der Waals surface area contributed by atoms with Crippen molar-refractivity contribution in [2.45, 2.75) is 32.9 Å². The van der Waals surface area contributed by atoms with Gasteiger partial charge in [0.25, 0.3) is 0 Å². The van der Waals surface area contributed by atoms with Crippen molar-refractivity contribution in [2.75, 3.05) is 20.6 Å². The molecule has 2 rings (SSSR count). The van der Waals surface area contributed by atoms with Gasteiger partial charge >= 0.3 is 0 Å². The van der Waals surface area contributed by atoms with Crippen LogP contribution >= 0.6 is 24.0 Å². The molecule has 1 unspecified atom stereocenters. The number of halogens is 2. The molecular formula is C19H28FIN6O. The number of aromatic nitrogens is 2. The molecule has 0 aliphatic carbocycles. The van der Waals surface area contributed by atoms with E-state index in [1.165, 1.54) is 17.0 Å². The second kappa shape index (κ2) is 11.6. The molecule has 1 atom stereocenters. The molecule has 0 fully saturated rings. The van der Waals surface area contributed by atoms with Gasteiger partial charge in [-0.05, 0) is 43.7 Å². The molecule has 0 aliphatic heterocycles. The number of carbonyl (C=O) groups excluding carboxylic acids is 1. The van der Waals surface area contributed by atoms with E-state index in [2.05, 4.69) is 27.6 Å². The molecule has 1 heterocycles. The molecule has 28 heavy (non-hydrogen) atoms. The Morgan fingerprint density at radius 2 is 1.96 bits per heavy atom. The predicted octanol–water partition coefficient (Wildman–Crippen LogP) is 2.55. The van der Waals surface area contributed by atoms with Gasteiger partial charge in [0, 0.05) is 26.3 Å². The maximum Gasteiger partial charge on any atom is 0.241 e. The molecule has 1 aromatic heterocycles. The lowest BCUT2D eigenvalue weighted by atomic mass is 10.3. The highest BCUT2D eigenvalue weighted by atomic mass is 127. The molecular weight excluding hydrogens is 474 g/mol. The molecule has 2 aromatic rings. The quantitative estimate of drug-likeness (QED) is 0.347. The second-order valence-electron chi connectivity index (χ2n) is 6.49. The van der Waals surface area contributed by atoms with Gasteiger partial charge in [-0.1, -0.05) is 6.92 Å². The van der Waals surface area contributed by atoms with E-state index >= 15 is 0 Å². The number of amides is 1. The Bertz CT molecular complexity index is 775. The number of nitrogens with one attached hydrogen (secondary N) is 2. The van der Waals surface area contributed by atoms with E-state index in [4.69, 9.17) is 0 Å².